The van der Waals surface area contributed by atoms with Gasteiger partial charge in [0.1, 0.15) is 17.1 Å². The summed E-state index contributed by atoms with van der Waals surface area (Å²) < 4.78 is 0. The first-order valence-corrected chi connectivity index (χ1v) is 11.9. The van der Waals surface area contributed by atoms with Crippen LogP contribution in [0.15, 0.2) is 53.2 Å². The molecule has 31 heavy (non-hydrogen) atoms. The Kier molecular flexibility index (Phi) is 5.90. The van der Waals surface area contributed by atoms with E-state index in [4.69, 9.17) is 23.2 Å². The molecular weight excluding hydrogens is 431 g/mol. The lowest BCUT2D eigenvalue weighted by Gasteiger charge is -2.41. The second-order valence-electron chi connectivity index (χ2n) is 8.86. The fourth-order valence-corrected chi connectivity index (χ4v) is 5.84. The molecule has 6 nitrogen and oxygen atoms in total. The molecule has 166 valence electrons. The quantitative estimate of drug-likeness (QED) is 0.695. The van der Waals surface area contributed by atoms with E-state index >= 15 is 0 Å². The highest BCUT2D eigenvalue weighted by atomic mass is 35.5. The van der Waals surface area contributed by atoms with E-state index < -0.39 is 0 Å². The van der Waals surface area contributed by atoms with Crippen LogP contribution in [-0.4, -0.2) is 77.1 Å². The summed E-state index contributed by atoms with van der Waals surface area (Å²) in [5.74, 6) is 1.19. The Labute approximate surface area is 194 Å². The third-order valence-electron chi connectivity index (χ3n) is 7.00. The predicted octanol–water partition coefficient (Wildman–Crippen LogP) is 3.56. The molecule has 2 saturated heterocycles. The van der Waals surface area contributed by atoms with Crippen LogP contribution in [0, 0.1) is 0 Å². The SMILES string of the molecule is CN1CCN(C2=CC=CC3NC(C4CCCC(c5ncccc5Cl)N4C)=C(Cl)N23)CC1. The number of nitrogens with one attached hydrogen (secondary N) is 1. The van der Waals surface area contributed by atoms with Crippen molar-refractivity contribution in [2.24, 2.45) is 0 Å². The van der Waals surface area contributed by atoms with Gasteiger partial charge in [-0.15, -0.1) is 0 Å². The van der Waals surface area contributed by atoms with Gasteiger partial charge in [-0.05, 0) is 57.6 Å². The standard InChI is InChI=1S/C23H30Cl2N6/c1-28-12-14-30(15-13-28)20-10-4-9-19-27-22(23(25)31(19)20)18-8-3-7-17(29(18)2)21-16(24)6-5-11-26-21/h4-6,9-11,17-19,27H,3,7-8,12-15H2,1-2H3. The molecule has 1 N–H and O–H groups in total. The van der Waals surface area contributed by atoms with E-state index in [1.54, 1.807) is 0 Å². The van der Waals surface area contributed by atoms with Gasteiger partial charge in [0.2, 0.25) is 0 Å². The van der Waals surface area contributed by atoms with Crippen LogP contribution in [0.1, 0.15) is 31.0 Å². The molecule has 3 unspecified atom stereocenters. The summed E-state index contributed by atoms with van der Waals surface area (Å²) >= 11 is 13.6. The number of likely N-dealkylation sites (tertiary alicyclic amines) is 1. The average molecular weight is 461 g/mol. The van der Waals surface area contributed by atoms with E-state index in [-0.39, 0.29) is 18.2 Å². The highest BCUT2D eigenvalue weighted by molar-refractivity contribution is 6.31. The van der Waals surface area contributed by atoms with Gasteiger partial charge in [-0.25, -0.2) is 0 Å². The maximum atomic E-state index is 7.08. The lowest BCUT2D eigenvalue weighted by molar-refractivity contribution is 0.129. The molecule has 0 bridgehead atoms. The number of likely N-dealkylation sites (N-methyl/N-ethyl adjacent to an activating group) is 2. The number of piperidine rings is 1. The topological polar surface area (TPSA) is 37.9 Å². The van der Waals surface area contributed by atoms with E-state index in [1.165, 1.54) is 5.82 Å². The van der Waals surface area contributed by atoms with Crippen molar-refractivity contribution < 1.29 is 0 Å². The number of pyridine rings is 1. The minimum absolute atomic E-state index is 0.0642. The molecule has 4 aliphatic heterocycles. The van der Waals surface area contributed by atoms with Crippen molar-refractivity contribution in [2.45, 2.75) is 37.5 Å². The molecule has 1 aromatic rings. The van der Waals surface area contributed by atoms with Crippen molar-refractivity contribution in [3.05, 3.63) is 63.9 Å². The van der Waals surface area contributed by atoms with Crippen LogP contribution in [0.2, 0.25) is 5.02 Å². The molecule has 0 amide bonds. The van der Waals surface area contributed by atoms with Gasteiger partial charge < -0.3 is 15.1 Å². The van der Waals surface area contributed by atoms with Gasteiger partial charge in [0.05, 0.1) is 28.5 Å². The molecule has 0 aromatic carbocycles. The number of nitrogens with zero attached hydrogens (tertiary/aromatic N) is 5. The van der Waals surface area contributed by atoms with E-state index in [2.05, 4.69) is 62.2 Å². The third-order valence-corrected chi connectivity index (χ3v) is 7.71. The Morgan fingerprint density at radius 3 is 2.61 bits per heavy atom. The summed E-state index contributed by atoms with van der Waals surface area (Å²) in [5.41, 5.74) is 2.07. The molecule has 2 fully saturated rings. The summed E-state index contributed by atoms with van der Waals surface area (Å²) in [6.45, 7) is 4.17. The molecular formula is C23H30Cl2N6. The summed E-state index contributed by atoms with van der Waals surface area (Å²) in [6, 6.07) is 4.21. The highest BCUT2D eigenvalue weighted by Gasteiger charge is 2.41. The number of rotatable bonds is 3. The zero-order valence-corrected chi connectivity index (χ0v) is 19.6. The van der Waals surface area contributed by atoms with Crippen LogP contribution in [0.5, 0.6) is 0 Å². The maximum absolute atomic E-state index is 7.08. The molecule has 0 saturated carbocycles. The maximum Gasteiger partial charge on any atom is 0.133 e. The fourth-order valence-electron chi connectivity index (χ4n) is 5.22. The van der Waals surface area contributed by atoms with Gasteiger partial charge in [-0.3, -0.25) is 14.8 Å². The predicted molar refractivity (Wildman–Crippen MR) is 125 cm³/mol. The van der Waals surface area contributed by atoms with Gasteiger partial charge >= 0.3 is 0 Å². The molecule has 4 aliphatic rings. The summed E-state index contributed by atoms with van der Waals surface area (Å²) in [4.78, 5) is 14.1. The summed E-state index contributed by atoms with van der Waals surface area (Å²) in [6.07, 6.45) is 11.6. The second-order valence-corrected chi connectivity index (χ2v) is 9.63. The number of piperazine rings is 1. The molecule has 3 atom stereocenters. The largest absolute Gasteiger partial charge is 0.361 e. The van der Waals surface area contributed by atoms with Crippen LogP contribution in [0.4, 0.5) is 0 Å². The zero-order chi connectivity index (χ0) is 21.5. The lowest BCUT2D eigenvalue weighted by Crippen LogP contribution is -2.49. The molecule has 8 heteroatoms. The van der Waals surface area contributed by atoms with Gasteiger partial charge in [-0.2, -0.15) is 0 Å². The number of hydrogen-bond acceptors (Lipinski definition) is 6. The number of halogens is 2. The Balaban J connectivity index is 1.41. The van der Waals surface area contributed by atoms with E-state index in [0.717, 1.165) is 67.0 Å². The van der Waals surface area contributed by atoms with Crippen molar-refractivity contribution in [2.75, 3.05) is 40.3 Å². The smallest absolute Gasteiger partial charge is 0.133 e. The van der Waals surface area contributed by atoms with Crippen LogP contribution < -0.4 is 5.32 Å². The average Bonchev–Trinajstić information content (AvgIpc) is 3.12. The molecule has 0 aliphatic carbocycles. The molecule has 0 radical (unpaired) electrons. The van der Waals surface area contributed by atoms with Gasteiger partial charge in [-0.1, -0.05) is 29.3 Å². The van der Waals surface area contributed by atoms with Crippen LogP contribution in [-0.2, 0) is 0 Å². The normalized spacial score (nSPS) is 29.8. The Bertz CT molecular complexity index is 920. The molecule has 0 spiro atoms. The second kappa shape index (κ2) is 8.66. The van der Waals surface area contributed by atoms with Crippen LogP contribution in [0.3, 0.4) is 0 Å². The first-order valence-electron chi connectivity index (χ1n) is 11.1. The fraction of sp³-hybridized carbons (Fsp3) is 0.522. The van der Waals surface area contributed by atoms with Crippen molar-refractivity contribution >= 4 is 23.2 Å². The van der Waals surface area contributed by atoms with E-state index in [9.17, 15) is 0 Å². The van der Waals surface area contributed by atoms with Crippen molar-refractivity contribution in [1.82, 2.24) is 29.9 Å². The Hall–Kier alpha value is -1.73. The van der Waals surface area contributed by atoms with Gasteiger partial charge in [0.25, 0.3) is 0 Å². The first kappa shape index (κ1) is 21.1. The van der Waals surface area contributed by atoms with Gasteiger partial charge in [0.15, 0.2) is 0 Å². The Morgan fingerprint density at radius 2 is 1.84 bits per heavy atom. The number of allylic oxidation sites excluding steroid dienone is 2. The van der Waals surface area contributed by atoms with Gasteiger partial charge in [0, 0.05) is 32.4 Å². The van der Waals surface area contributed by atoms with Crippen LogP contribution >= 0.6 is 23.2 Å². The molecule has 5 rings (SSSR count). The number of aromatic nitrogens is 1. The summed E-state index contributed by atoms with van der Waals surface area (Å²) in [7, 11) is 4.35. The van der Waals surface area contributed by atoms with Crippen LogP contribution in [0.25, 0.3) is 0 Å². The third kappa shape index (κ3) is 3.84. The first-order chi connectivity index (χ1) is 15.0. The molecule has 1 aromatic heterocycles. The minimum Gasteiger partial charge on any atom is -0.361 e. The van der Waals surface area contributed by atoms with E-state index in [1.807, 2.05) is 18.3 Å². The number of hydrogen-bond donors (Lipinski definition) is 1. The molecule has 5 heterocycles. The minimum atomic E-state index is 0.0642. The van der Waals surface area contributed by atoms with Crippen molar-refractivity contribution in [1.29, 1.82) is 0 Å². The van der Waals surface area contributed by atoms with Crippen molar-refractivity contribution in [3.63, 3.8) is 0 Å². The summed E-state index contributed by atoms with van der Waals surface area (Å²) in [5, 5.41) is 5.27. The highest BCUT2D eigenvalue weighted by Crippen LogP contribution is 2.41. The van der Waals surface area contributed by atoms with E-state index in [0.29, 0.717) is 0 Å². The van der Waals surface area contributed by atoms with Crippen molar-refractivity contribution in [3.8, 4) is 0 Å². The Morgan fingerprint density at radius 1 is 1.06 bits per heavy atom. The zero-order valence-electron chi connectivity index (χ0n) is 18.1. The monoisotopic (exact) mass is 460 g/mol. The lowest BCUT2D eigenvalue weighted by atomic mass is 9.92. The number of fused-ring (bicyclic) bond motifs is 1.